The first-order valence-electron chi connectivity index (χ1n) is 23.9. The molecule has 0 unspecified atom stereocenters. The van der Waals surface area contributed by atoms with Crippen LogP contribution in [0.4, 0.5) is 34.1 Å². The van der Waals surface area contributed by atoms with E-state index in [1.165, 1.54) is 22.3 Å². The second kappa shape index (κ2) is 15.0. The Morgan fingerprint density at radius 3 is 1.70 bits per heavy atom. The fourth-order valence-electron chi connectivity index (χ4n) is 10.0. The van der Waals surface area contributed by atoms with Crippen molar-refractivity contribution in [2.45, 2.75) is 19.3 Å². The second-order valence-corrected chi connectivity index (χ2v) is 17.0. The van der Waals surface area contributed by atoms with Gasteiger partial charge in [-0.2, -0.15) is 0 Å². The highest BCUT2D eigenvalue weighted by molar-refractivity contribution is 6.12. The number of para-hydroxylation sites is 4. The molecule has 1 heterocycles. The van der Waals surface area contributed by atoms with Gasteiger partial charge < -0.3 is 14.4 Å². The lowest BCUT2D eigenvalue weighted by Crippen LogP contribution is -2.16. The summed E-state index contributed by atoms with van der Waals surface area (Å²) in [5, 5.41) is 4.02. The number of benzene rings is 10. The Balaban J connectivity index is 1.08. The summed E-state index contributed by atoms with van der Waals surface area (Å²) in [6.07, 6.45) is 0. The molecule has 1 aliphatic carbocycles. The van der Waals surface area contributed by atoms with Crippen molar-refractivity contribution < 1.29 is 5.48 Å². The molecule has 0 spiro atoms. The third kappa shape index (κ3) is 6.04. The molecule has 10 aromatic carbocycles. The molecule has 0 atom stereocenters. The van der Waals surface area contributed by atoms with Crippen molar-refractivity contribution in [1.82, 2.24) is 4.57 Å². The number of rotatable bonds is 8. The molecule has 1 aliphatic rings. The summed E-state index contributed by atoms with van der Waals surface area (Å²) in [5.41, 5.74) is 13.6. The first kappa shape index (κ1) is 33.5. The smallest absolute Gasteiger partial charge is 0.0645 e. The van der Waals surface area contributed by atoms with Crippen LogP contribution in [-0.4, -0.2) is 4.57 Å². The Morgan fingerprint density at radius 2 is 0.938 bits per heavy atom. The largest absolute Gasteiger partial charge is 0.311 e. The monoisotopic (exact) mass is 823 g/mol. The van der Waals surface area contributed by atoms with Crippen molar-refractivity contribution >= 4 is 66.7 Å². The van der Waals surface area contributed by atoms with Crippen LogP contribution in [-0.2, 0) is 5.41 Å². The molecule has 0 N–H and O–H groups in total. The molecule has 12 rings (SSSR count). The molecular formula is C61H45N3. The summed E-state index contributed by atoms with van der Waals surface area (Å²) in [7, 11) is 0. The van der Waals surface area contributed by atoms with E-state index < -0.39 is 0 Å². The number of hydrogen-bond donors (Lipinski definition) is 0. The molecule has 0 amide bonds. The molecule has 11 aromatic rings. The van der Waals surface area contributed by atoms with Gasteiger partial charge in [-0.15, -0.1) is 0 Å². The summed E-state index contributed by atoms with van der Waals surface area (Å²) in [6, 6.07) is 72.4. The molecule has 64 heavy (non-hydrogen) atoms. The van der Waals surface area contributed by atoms with Gasteiger partial charge in [-0.3, -0.25) is 0 Å². The third-order valence-corrected chi connectivity index (χ3v) is 13.0. The Morgan fingerprint density at radius 1 is 0.375 bits per heavy atom. The van der Waals surface area contributed by atoms with E-state index in [9.17, 15) is 5.48 Å². The fraction of sp³-hybridized carbons (Fsp3) is 0.0492. The van der Waals surface area contributed by atoms with Crippen molar-refractivity contribution in [3.05, 3.63) is 248 Å². The average Bonchev–Trinajstić information content (AvgIpc) is 3.83. The Kier molecular flexibility index (Phi) is 7.87. The van der Waals surface area contributed by atoms with Gasteiger partial charge in [0.05, 0.1) is 22.2 Å². The Hall–Kier alpha value is -8.14. The van der Waals surface area contributed by atoms with E-state index in [0.29, 0.717) is 5.56 Å². The van der Waals surface area contributed by atoms with E-state index in [1.807, 2.05) is 95.9 Å². The molecule has 3 nitrogen and oxygen atoms in total. The van der Waals surface area contributed by atoms with Gasteiger partial charge in [-0.05, 0) is 130 Å². The molecule has 0 aliphatic heterocycles. The first-order chi connectivity index (χ1) is 33.2. The van der Waals surface area contributed by atoms with Crippen LogP contribution in [0.1, 0.15) is 30.5 Å². The zero-order valence-corrected chi connectivity index (χ0v) is 35.5. The third-order valence-electron chi connectivity index (χ3n) is 13.0. The lowest BCUT2D eigenvalue weighted by atomic mass is 9.82. The van der Waals surface area contributed by atoms with Crippen LogP contribution < -0.4 is 9.80 Å². The maximum atomic E-state index is 9.65. The summed E-state index contributed by atoms with van der Waals surface area (Å²) in [4.78, 5) is 4.16. The number of aromatic nitrogens is 1. The van der Waals surface area contributed by atoms with E-state index in [0.717, 1.165) is 66.7 Å². The quantitative estimate of drug-likeness (QED) is 0.151. The lowest BCUT2D eigenvalue weighted by molar-refractivity contribution is 0.660. The van der Waals surface area contributed by atoms with Crippen molar-refractivity contribution in [3.8, 4) is 27.9 Å². The van der Waals surface area contributed by atoms with Gasteiger partial charge in [0.2, 0.25) is 0 Å². The SMILES string of the molecule is [2H]c1c([2H])c(N(c2ccccc2)c2ccccc2)c([2H])c([2H])c1-c1cccc2c(N(c3ccc4c(c3)C(C)(C)c3ccccc3-4)c3ccc4c(c3)c3ccccc3n4-c3ccccc3)cccc12. The predicted molar refractivity (Wildman–Crippen MR) is 271 cm³/mol. The standard InChI is InChI=1S/C61H45N3/c1-61(2)56-29-14-12-24-51(56)52-38-36-48(41-57(52)61)63(47-37-39-60-55(40-47)54-25-13-15-30-59(54)64(60)45-22-10-5-11-23-45)58-31-17-27-50-49(26-16-28-53(50)58)42-32-34-46(35-33-42)62(43-18-6-3-7-19-43)44-20-8-4-9-21-44/h3-41H,1-2H3/i32D,33D,34D,35D. The van der Waals surface area contributed by atoms with Crippen LogP contribution in [0.2, 0.25) is 0 Å². The van der Waals surface area contributed by atoms with Crippen molar-refractivity contribution in [2.24, 2.45) is 0 Å². The highest BCUT2D eigenvalue weighted by Crippen LogP contribution is 2.52. The van der Waals surface area contributed by atoms with Crippen LogP contribution in [0.5, 0.6) is 0 Å². The average molecular weight is 824 g/mol. The highest BCUT2D eigenvalue weighted by Gasteiger charge is 2.36. The molecule has 0 saturated carbocycles. The van der Waals surface area contributed by atoms with E-state index in [-0.39, 0.29) is 40.8 Å². The zero-order chi connectivity index (χ0) is 46.3. The lowest BCUT2D eigenvalue weighted by Gasteiger charge is -2.29. The first-order valence-corrected chi connectivity index (χ1v) is 21.9. The van der Waals surface area contributed by atoms with Crippen molar-refractivity contribution in [2.75, 3.05) is 9.80 Å². The van der Waals surface area contributed by atoms with Crippen molar-refractivity contribution in [3.63, 3.8) is 0 Å². The fourth-order valence-corrected chi connectivity index (χ4v) is 10.0. The zero-order valence-electron chi connectivity index (χ0n) is 39.5. The number of anilines is 6. The number of fused-ring (bicyclic) bond motifs is 7. The molecule has 0 bridgehead atoms. The normalized spacial score (nSPS) is 13.5. The molecule has 0 fully saturated rings. The Bertz CT molecular complexity index is 3700. The molecule has 0 radical (unpaired) electrons. The summed E-state index contributed by atoms with van der Waals surface area (Å²) in [5.74, 6) is 0. The van der Waals surface area contributed by atoms with Crippen LogP contribution >= 0.6 is 0 Å². The van der Waals surface area contributed by atoms with E-state index >= 15 is 0 Å². The Labute approximate surface area is 380 Å². The van der Waals surface area contributed by atoms with E-state index in [2.05, 4.69) is 145 Å². The van der Waals surface area contributed by atoms with Crippen LogP contribution in [0, 0.1) is 0 Å². The number of hydrogen-bond acceptors (Lipinski definition) is 2. The van der Waals surface area contributed by atoms with Gasteiger partial charge in [-0.25, -0.2) is 0 Å². The van der Waals surface area contributed by atoms with E-state index in [1.54, 1.807) is 0 Å². The maximum absolute atomic E-state index is 9.65. The van der Waals surface area contributed by atoms with Crippen LogP contribution in [0.25, 0.3) is 60.5 Å². The summed E-state index contributed by atoms with van der Waals surface area (Å²) < 4.78 is 40.8. The highest BCUT2D eigenvalue weighted by atomic mass is 15.1. The molecule has 3 heteroatoms. The minimum absolute atomic E-state index is 0.103. The van der Waals surface area contributed by atoms with Crippen LogP contribution in [0.3, 0.4) is 0 Å². The molecule has 304 valence electrons. The molecule has 1 aromatic heterocycles. The topological polar surface area (TPSA) is 11.4 Å². The minimum Gasteiger partial charge on any atom is -0.311 e. The van der Waals surface area contributed by atoms with E-state index in [4.69, 9.17) is 0 Å². The summed E-state index contributed by atoms with van der Waals surface area (Å²) >= 11 is 0. The minimum atomic E-state index is -0.230. The summed E-state index contributed by atoms with van der Waals surface area (Å²) in [6.45, 7) is 4.62. The maximum Gasteiger partial charge on any atom is 0.0645 e. The van der Waals surface area contributed by atoms with Gasteiger partial charge in [0.15, 0.2) is 0 Å². The van der Waals surface area contributed by atoms with Gasteiger partial charge in [0.25, 0.3) is 0 Å². The molecule has 0 saturated heterocycles. The van der Waals surface area contributed by atoms with Gasteiger partial charge in [0.1, 0.15) is 0 Å². The molecular weight excluding hydrogens is 775 g/mol. The van der Waals surface area contributed by atoms with Crippen molar-refractivity contribution in [1.29, 1.82) is 0 Å². The number of nitrogens with zero attached hydrogens (tertiary/aromatic N) is 3. The second-order valence-electron chi connectivity index (χ2n) is 17.0. The predicted octanol–water partition coefficient (Wildman–Crippen LogP) is 16.8. The van der Waals surface area contributed by atoms with Gasteiger partial charge >= 0.3 is 0 Å². The van der Waals surface area contributed by atoms with Crippen LogP contribution in [0.15, 0.2) is 236 Å². The van der Waals surface area contributed by atoms with Gasteiger partial charge in [0, 0.05) is 55.7 Å². The van der Waals surface area contributed by atoms with Gasteiger partial charge in [-0.1, -0.05) is 159 Å².